The number of sulfone groups is 1. The number of anilines is 2. The minimum absolute atomic E-state index is 0.0673. The fourth-order valence-corrected chi connectivity index (χ4v) is 6.66. The maximum atomic E-state index is 13.6. The predicted octanol–water partition coefficient (Wildman–Crippen LogP) is 4.95. The van der Waals surface area contributed by atoms with Gasteiger partial charge in [-0.2, -0.15) is 5.10 Å². The molecule has 3 N–H and O–H groups in total. The topological polar surface area (TPSA) is 129 Å². The smallest absolute Gasteiger partial charge is 0.148 e. The molecule has 0 saturated carbocycles. The molecule has 6 rings (SSSR count). The molecule has 0 amide bonds. The van der Waals surface area contributed by atoms with Crippen LogP contribution in [0.1, 0.15) is 10.4 Å². The summed E-state index contributed by atoms with van der Waals surface area (Å²) in [6, 6.07) is 17.8. The lowest BCUT2D eigenvalue weighted by Crippen LogP contribution is -2.30. The molecular weight excluding hydrogens is 561 g/mol. The van der Waals surface area contributed by atoms with Gasteiger partial charge in [0.2, 0.25) is 0 Å². The van der Waals surface area contributed by atoms with Crippen molar-refractivity contribution < 1.29 is 12.8 Å². The third-order valence-corrected chi connectivity index (χ3v) is 8.64. The highest BCUT2D eigenvalue weighted by Gasteiger charge is 2.15. The summed E-state index contributed by atoms with van der Waals surface area (Å²) >= 11 is 1.49. The lowest BCUT2D eigenvalue weighted by Gasteiger charge is -2.10. The Labute approximate surface area is 239 Å². The second-order valence-corrected chi connectivity index (χ2v) is 13.3. The van der Waals surface area contributed by atoms with Crippen LogP contribution in [0.15, 0.2) is 79.4 Å². The number of rotatable bonds is 9. The van der Waals surface area contributed by atoms with E-state index in [1.54, 1.807) is 18.5 Å². The van der Waals surface area contributed by atoms with E-state index in [2.05, 4.69) is 25.4 Å². The lowest BCUT2D eigenvalue weighted by molar-refractivity contribution is 0.592. The summed E-state index contributed by atoms with van der Waals surface area (Å²) in [5, 5.41) is 10.5. The number of hydrogen-bond donors (Lipinski definition) is 2. The van der Waals surface area contributed by atoms with Crippen LogP contribution in [0.3, 0.4) is 0 Å². The third kappa shape index (κ3) is 6.24. The van der Waals surface area contributed by atoms with Crippen LogP contribution < -0.4 is 11.1 Å². The van der Waals surface area contributed by atoms with Gasteiger partial charge < -0.3 is 11.1 Å². The van der Waals surface area contributed by atoms with Crippen molar-refractivity contribution in [3.8, 4) is 10.6 Å². The molecule has 12 heteroatoms. The first kappa shape index (κ1) is 26.9. The molecule has 208 valence electrons. The standard InChI is InChI=1S/C29H26FN7O2S2/c1-41(38,39)16-22(31)12-24-14-32-29(40-24)19-5-7-26-25(11-19)28(34-17-33-26)36-23-6-8-27-20(10-23)13-35-37(27)15-18-3-2-4-21(30)9-18/h2-11,13-14,17,22H,12,15-16,31H2,1H3,(H,33,34,36). The summed E-state index contributed by atoms with van der Waals surface area (Å²) in [5.41, 5.74) is 10.3. The third-order valence-electron chi connectivity index (χ3n) is 6.54. The van der Waals surface area contributed by atoms with Gasteiger partial charge in [0.1, 0.15) is 32.8 Å². The molecule has 41 heavy (non-hydrogen) atoms. The Balaban J connectivity index is 1.24. The van der Waals surface area contributed by atoms with Gasteiger partial charge in [0.15, 0.2) is 0 Å². The van der Waals surface area contributed by atoms with E-state index in [0.717, 1.165) is 48.5 Å². The van der Waals surface area contributed by atoms with Crippen LogP contribution in [0, 0.1) is 5.82 Å². The van der Waals surface area contributed by atoms with E-state index in [0.29, 0.717) is 18.8 Å². The van der Waals surface area contributed by atoms with E-state index in [1.807, 2.05) is 47.1 Å². The summed E-state index contributed by atoms with van der Waals surface area (Å²) in [6.07, 6.45) is 6.68. The Morgan fingerprint density at radius 1 is 1.05 bits per heavy atom. The first-order valence-corrected chi connectivity index (χ1v) is 15.7. The van der Waals surface area contributed by atoms with Crippen molar-refractivity contribution in [1.29, 1.82) is 0 Å². The van der Waals surface area contributed by atoms with Crippen molar-refractivity contribution in [1.82, 2.24) is 24.7 Å². The average Bonchev–Trinajstić information content (AvgIpc) is 3.54. The number of benzene rings is 3. The fraction of sp³-hybridized carbons (Fsp3) is 0.172. The Morgan fingerprint density at radius 2 is 1.93 bits per heavy atom. The van der Waals surface area contributed by atoms with E-state index in [1.165, 1.54) is 36.1 Å². The summed E-state index contributed by atoms with van der Waals surface area (Å²) in [6.45, 7) is 0.468. The van der Waals surface area contributed by atoms with Crippen LogP contribution >= 0.6 is 11.3 Å². The number of aromatic nitrogens is 5. The molecule has 3 aromatic carbocycles. The molecule has 1 unspecified atom stereocenters. The zero-order chi connectivity index (χ0) is 28.6. The van der Waals surface area contributed by atoms with Gasteiger partial charge in [0.05, 0.1) is 29.5 Å². The minimum atomic E-state index is -3.15. The van der Waals surface area contributed by atoms with E-state index in [-0.39, 0.29) is 11.6 Å². The van der Waals surface area contributed by atoms with Gasteiger partial charge in [0.25, 0.3) is 0 Å². The lowest BCUT2D eigenvalue weighted by atomic mass is 10.1. The molecule has 3 aromatic heterocycles. The van der Waals surface area contributed by atoms with E-state index in [9.17, 15) is 12.8 Å². The van der Waals surface area contributed by atoms with Crippen LogP contribution in [0.5, 0.6) is 0 Å². The number of nitrogens with two attached hydrogens (primary N) is 1. The van der Waals surface area contributed by atoms with Crippen LogP contribution in [0.2, 0.25) is 0 Å². The average molecular weight is 588 g/mol. The van der Waals surface area contributed by atoms with Crippen LogP contribution in [0.4, 0.5) is 15.9 Å². The molecule has 0 bridgehead atoms. The predicted molar refractivity (Wildman–Crippen MR) is 161 cm³/mol. The van der Waals surface area contributed by atoms with Crippen molar-refractivity contribution in [2.24, 2.45) is 5.73 Å². The number of nitrogens with one attached hydrogen (secondary N) is 1. The SMILES string of the molecule is CS(=O)(=O)CC(N)Cc1cnc(-c2ccc3ncnc(Nc4ccc5c(cnn5Cc5cccc(F)c5)c4)c3c2)s1. The number of fused-ring (bicyclic) bond motifs is 2. The van der Waals surface area contributed by atoms with Crippen LogP contribution in [-0.4, -0.2) is 51.2 Å². The van der Waals surface area contributed by atoms with Crippen molar-refractivity contribution in [2.75, 3.05) is 17.3 Å². The summed E-state index contributed by atoms with van der Waals surface area (Å²) in [7, 11) is -3.15. The van der Waals surface area contributed by atoms with Gasteiger partial charge in [-0.15, -0.1) is 11.3 Å². The largest absolute Gasteiger partial charge is 0.340 e. The van der Waals surface area contributed by atoms with Gasteiger partial charge in [0, 0.05) is 45.4 Å². The Hall–Kier alpha value is -4.26. The Morgan fingerprint density at radius 3 is 2.76 bits per heavy atom. The molecule has 3 heterocycles. The van der Waals surface area contributed by atoms with Crippen molar-refractivity contribution in [3.05, 3.63) is 95.6 Å². The van der Waals surface area contributed by atoms with Gasteiger partial charge in [-0.25, -0.2) is 27.8 Å². The molecular formula is C29H26FN7O2S2. The quantitative estimate of drug-likeness (QED) is 0.243. The molecule has 0 spiro atoms. The molecule has 0 radical (unpaired) electrons. The molecule has 1 atom stereocenters. The number of nitrogens with zero attached hydrogens (tertiary/aromatic N) is 5. The molecule has 0 aliphatic rings. The maximum absolute atomic E-state index is 13.6. The summed E-state index contributed by atoms with van der Waals surface area (Å²) in [4.78, 5) is 14.4. The number of thiazole rings is 1. The van der Waals surface area contributed by atoms with Gasteiger partial charge in [-0.05, 0) is 60.5 Å². The van der Waals surface area contributed by atoms with Crippen molar-refractivity contribution >= 4 is 54.5 Å². The number of halogens is 1. The first-order chi connectivity index (χ1) is 19.7. The highest BCUT2D eigenvalue weighted by molar-refractivity contribution is 7.90. The highest BCUT2D eigenvalue weighted by atomic mass is 32.2. The van der Waals surface area contributed by atoms with E-state index < -0.39 is 15.9 Å². The monoisotopic (exact) mass is 587 g/mol. The zero-order valence-electron chi connectivity index (χ0n) is 22.0. The number of hydrogen-bond acceptors (Lipinski definition) is 9. The summed E-state index contributed by atoms with van der Waals surface area (Å²) in [5.74, 6) is 0.312. The molecule has 9 nitrogen and oxygen atoms in total. The van der Waals surface area contributed by atoms with Gasteiger partial charge >= 0.3 is 0 Å². The molecule has 0 aliphatic carbocycles. The Kier molecular flexibility index (Phi) is 7.20. The van der Waals surface area contributed by atoms with E-state index >= 15 is 0 Å². The first-order valence-electron chi connectivity index (χ1n) is 12.8. The van der Waals surface area contributed by atoms with Crippen molar-refractivity contribution in [3.63, 3.8) is 0 Å². The fourth-order valence-electron chi connectivity index (χ4n) is 4.77. The Bertz CT molecular complexity index is 1990. The normalized spacial score (nSPS) is 12.7. The van der Waals surface area contributed by atoms with Crippen molar-refractivity contribution in [2.45, 2.75) is 19.0 Å². The zero-order valence-corrected chi connectivity index (χ0v) is 23.7. The highest BCUT2D eigenvalue weighted by Crippen LogP contribution is 2.32. The molecule has 0 aliphatic heterocycles. The van der Waals surface area contributed by atoms with Crippen LogP contribution in [-0.2, 0) is 22.8 Å². The van der Waals surface area contributed by atoms with E-state index in [4.69, 9.17) is 5.73 Å². The summed E-state index contributed by atoms with van der Waals surface area (Å²) < 4.78 is 38.6. The molecule has 0 fully saturated rings. The second kappa shape index (κ2) is 11.0. The molecule has 0 saturated heterocycles. The van der Waals surface area contributed by atoms with Gasteiger partial charge in [-0.3, -0.25) is 4.68 Å². The maximum Gasteiger partial charge on any atom is 0.148 e. The van der Waals surface area contributed by atoms with Gasteiger partial charge in [-0.1, -0.05) is 12.1 Å². The van der Waals surface area contributed by atoms with Crippen LogP contribution in [0.25, 0.3) is 32.4 Å². The molecule has 6 aromatic rings. The second-order valence-electron chi connectivity index (χ2n) is 9.97. The minimum Gasteiger partial charge on any atom is -0.340 e.